The Morgan fingerprint density at radius 2 is 2.28 bits per heavy atom. The van der Waals surface area contributed by atoms with Gasteiger partial charge in [0.1, 0.15) is 12.4 Å². The topological polar surface area (TPSA) is 53.3 Å². The molecule has 94 valence electrons. The predicted octanol–water partition coefficient (Wildman–Crippen LogP) is 1.99. The second-order valence-corrected chi connectivity index (χ2v) is 5.04. The van der Waals surface area contributed by atoms with E-state index in [1.165, 1.54) is 0 Å². The van der Waals surface area contributed by atoms with Crippen LogP contribution in [0.25, 0.3) is 0 Å². The van der Waals surface area contributed by atoms with Crippen LogP contribution in [0.4, 0.5) is 5.69 Å². The molecule has 4 nitrogen and oxygen atoms in total. The van der Waals surface area contributed by atoms with Gasteiger partial charge in [-0.3, -0.25) is 4.79 Å². The van der Waals surface area contributed by atoms with Gasteiger partial charge in [-0.25, -0.2) is 0 Å². The molecule has 1 aliphatic heterocycles. The van der Waals surface area contributed by atoms with E-state index in [9.17, 15) is 10.1 Å². The minimum Gasteiger partial charge on any atom is -0.372 e. The maximum atomic E-state index is 10.7. The molecule has 1 fully saturated rings. The van der Waals surface area contributed by atoms with Crippen molar-refractivity contribution in [2.45, 2.75) is 19.4 Å². The molecule has 1 aromatic carbocycles. The van der Waals surface area contributed by atoms with Crippen LogP contribution in [0.2, 0.25) is 0 Å². The first-order valence-corrected chi connectivity index (χ1v) is 5.94. The Morgan fingerprint density at radius 1 is 1.50 bits per heavy atom. The number of hydrogen-bond acceptors (Lipinski definition) is 4. The van der Waals surface area contributed by atoms with E-state index in [4.69, 9.17) is 4.74 Å². The monoisotopic (exact) mass is 244 g/mol. The SMILES string of the molecule is CC1(C)CN(c2ccc(C=O)cc2C#N)CCO1. The molecule has 0 bridgehead atoms. The van der Waals surface area contributed by atoms with Gasteiger partial charge in [0, 0.05) is 18.7 Å². The van der Waals surface area contributed by atoms with E-state index in [2.05, 4.69) is 11.0 Å². The van der Waals surface area contributed by atoms with Gasteiger partial charge in [0.2, 0.25) is 0 Å². The molecule has 0 aromatic heterocycles. The van der Waals surface area contributed by atoms with Gasteiger partial charge in [0.15, 0.2) is 0 Å². The van der Waals surface area contributed by atoms with Crippen molar-refractivity contribution in [3.8, 4) is 6.07 Å². The number of ether oxygens (including phenoxy) is 1. The van der Waals surface area contributed by atoms with Crippen molar-refractivity contribution in [1.29, 1.82) is 5.26 Å². The van der Waals surface area contributed by atoms with Crippen LogP contribution in [0.15, 0.2) is 18.2 Å². The molecular formula is C14H16N2O2. The summed E-state index contributed by atoms with van der Waals surface area (Å²) in [4.78, 5) is 12.9. The van der Waals surface area contributed by atoms with Crippen molar-refractivity contribution in [2.75, 3.05) is 24.6 Å². The Bertz CT molecular complexity index is 503. The van der Waals surface area contributed by atoms with Crippen molar-refractivity contribution in [2.24, 2.45) is 0 Å². The molecule has 0 unspecified atom stereocenters. The Labute approximate surface area is 107 Å². The number of hydrogen-bond donors (Lipinski definition) is 0. The Morgan fingerprint density at radius 3 is 2.89 bits per heavy atom. The number of carbonyl (C=O) groups excluding carboxylic acids is 1. The molecular weight excluding hydrogens is 228 g/mol. The maximum Gasteiger partial charge on any atom is 0.150 e. The summed E-state index contributed by atoms with van der Waals surface area (Å²) in [6.07, 6.45) is 0.758. The lowest BCUT2D eigenvalue weighted by atomic mass is 10.0. The molecule has 0 aliphatic carbocycles. The van der Waals surface area contributed by atoms with E-state index in [1.54, 1.807) is 12.1 Å². The molecule has 1 aromatic rings. The zero-order valence-electron chi connectivity index (χ0n) is 10.6. The van der Waals surface area contributed by atoms with E-state index in [-0.39, 0.29) is 5.60 Å². The molecule has 0 radical (unpaired) electrons. The van der Waals surface area contributed by atoms with Gasteiger partial charge in [0.05, 0.1) is 23.5 Å². The number of benzene rings is 1. The third-order valence-electron chi connectivity index (χ3n) is 3.04. The molecule has 0 N–H and O–H groups in total. The normalized spacial score (nSPS) is 18.2. The summed E-state index contributed by atoms with van der Waals surface area (Å²) in [5, 5.41) is 9.18. The maximum absolute atomic E-state index is 10.7. The summed E-state index contributed by atoms with van der Waals surface area (Å²) in [5.74, 6) is 0. The molecule has 0 saturated carbocycles. The van der Waals surface area contributed by atoms with Crippen molar-refractivity contribution in [3.63, 3.8) is 0 Å². The minimum atomic E-state index is -0.214. The molecule has 0 atom stereocenters. The highest BCUT2D eigenvalue weighted by Crippen LogP contribution is 2.26. The summed E-state index contributed by atoms with van der Waals surface area (Å²) in [7, 11) is 0. The number of nitrogens with zero attached hydrogens (tertiary/aromatic N) is 2. The van der Waals surface area contributed by atoms with Gasteiger partial charge >= 0.3 is 0 Å². The highest BCUT2D eigenvalue weighted by Gasteiger charge is 2.28. The lowest BCUT2D eigenvalue weighted by molar-refractivity contribution is -0.0277. The van der Waals surface area contributed by atoms with Crippen LogP contribution < -0.4 is 4.90 Å². The van der Waals surface area contributed by atoms with Gasteiger partial charge in [-0.1, -0.05) is 0 Å². The molecule has 0 spiro atoms. The Balaban J connectivity index is 2.33. The van der Waals surface area contributed by atoms with Crippen molar-refractivity contribution < 1.29 is 9.53 Å². The number of rotatable bonds is 2. The molecule has 18 heavy (non-hydrogen) atoms. The third kappa shape index (κ3) is 2.52. The van der Waals surface area contributed by atoms with Gasteiger partial charge in [-0.15, -0.1) is 0 Å². The number of anilines is 1. The summed E-state index contributed by atoms with van der Waals surface area (Å²) in [5.41, 5.74) is 1.73. The largest absolute Gasteiger partial charge is 0.372 e. The van der Waals surface area contributed by atoms with E-state index >= 15 is 0 Å². The summed E-state index contributed by atoms with van der Waals surface area (Å²) in [6, 6.07) is 7.36. The molecule has 0 amide bonds. The quantitative estimate of drug-likeness (QED) is 0.746. The van der Waals surface area contributed by atoms with Crippen LogP contribution in [0.5, 0.6) is 0 Å². The van der Waals surface area contributed by atoms with E-state index in [1.807, 2.05) is 19.9 Å². The van der Waals surface area contributed by atoms with Crippen LogP contribution in [0, 0.1) is 11.3 Å². The van der Waals surface area contributed by atoms with E-state index in [0.717, 1.165) is 25.1 Å². The lowest BCUT2D eigenvalue weighted by Gasteiger charge is -2.39. The Kier molecular flexibility index (Phi) is 3.35. The van der Waals surface area contributed by atoms with Crippen LogP contribution >= 0.6 is 0 Å². The lowest BCUT2D eigenvalue weighted by Crippen LogP contribution is -2.48. The first-order valence-electron chi connectivity index (χ1n) is 5.94. The first kappa shape index (κ1) is 12.6. The number of carbonyl (C=O) groups is 1. The van der Waals surface area contributed by atoms with Gasteiger partial charge in [-0.2, -0.15) is 5.26 Å². The van der Waals surface area contributed by atoms with Crippen LogP contribution in [0.3, 0.4) is 0 Å². The number of aldehydes is 1. The molecule has 1 aliphatic rings. The zero-order chi connectivity index (χ0) is 13.2. The fourth-order valence-corrected chi connectivity index (χ4v) is 2.21. The van der Waals surface area contributed by atoms with Crippen LogP contribution in [0.1, 0.15) is 29.8 Å². The molecule has 4 heteroatoms. The standard InChI is InChI=1S/C14H16N2O2/c1-14(2)10-16(5-6-18-14)13-4-3-11(9-17)7-12(13)8-15/h3-4,7,9H,5-6,10H2,1-2H3. The van der Waals surface area contributed by atoms with Crippen LogP contribution in [-0.4, -0.2) is 31.6 Å². The third-order valence-corrected chi connectivity index (χ3v) is 3.04. The fourth-order valence-electron chi connectivity index (χ4n) is 2.21. The summed E-state index contributed by atoms with van der Waals surface area (Å²) < 4.78 is 5.65. The van der Waals surface area contributed by atoms with Crippen molar-refractivity contribution in [3.05, 3.63) is 29.3 Å². The molecule has 1 heterocycles. The van der Waals surface area contributed by atoms with E-state index < -0.39 is 0 Å². The van der Waals surface area contributed by atoms with Gasteiger partial charge < -0.3 is 9.64 Å². The number of nitriles is 1. The summed E-state index contributed by atoms with van der Waals surface area (Å²) >= 11 is 0. The molecule has 1 saturated heterocycles. The van der Waals surface area contributed by atoms with Crippen molar-refractivity contribution in [1.82, 2.24) is 0 Å². The fraction of sp³-hybridized carbons (Fsp3) is 0.429. The number of morpholine rings is 1. The minimum absolute atomic E-state index is 0.214. The average molecular weight is 244 g/mol. The smallest absolute Gasteiger partial charge is 0.150 e. The summed E-state index contributed by atoms with van der Waals surface area (Å²) in [6.45, 7) is 6.21. The second kappa shape index (κ2) is 4.79. The van der Waals surface area contributed by atoms with Gasteiger partial charge in [0.25, 0.3) is 0 Å². The predicted molar refractivity (Wildman–Crippen MR) is 68.8 cm³/mol. The Hall–Kier alpha value is -1.86. The second-order valence-electron chi connectivity index (χ2n) is 5.04. The van der Waals surface area contributed by atoms with Crippen LogP contribution in [-0.2, 0) is 4.74 Å². The first-order chi connectivity index (χ1) is 8.55. The highest BCUT2D eigenvalue weighted by atomic mass is 16.5. The van der Waals surface area contributed by atoms with Gasteiger partial charge in [-0.05, 0) is 32.0 Å². The average Bonchev–Trinajstić information content (AvgIpc) is 2.36. The van der Waals surface area contributed by atoms with Crippen molar-refractivity contribution >= 4 is 12.0 Å². The van der Waals surface area contributed by atoms with E-state index in [0.29, 0.717) is 17.7 Å². The molecule has 2 rings (SSSR count). The highest BCUT2D eigenvalue weighted by molar-refractivity contribution is 5.78. The zero-order valence-corrected chi connectivity index (χ0v) is 10.6.